The van der Waals surface area contributed by atoms with Crippen LogP contribution in [0.25, 0.3) is 0 Å². The minimum Gasteiger partial charge on any atom is -0.461 e. The van der Waals surface area contributed by atoms with Crippen molar-refractivity contribution in [1.29, 1.82) is 0 Å². The summed E-state index contributed by atoms with van der Waals surface area (Å²) in [5.74, 6) is -4.83. The molecule has 4 aliphatic rings. The van der Waals surface area contributed by atoms with E-state index >= 15 is 4.39 Å². The van der Waals surface area contributed by atoms with Crippen LogP contribution in [0.3, 0.4) is 0 Å². The first-order chi connectivity index (χ1) is 25.0. The zero-order valence-corrected chi connectivity index (χ0v) is 30.7. The topological polar surface area (TPSA) is 186 Å². The highest BCUT2D eigenvalue weighted by Crippen LogP contribution is 2.71. The lowest BCUT2D eigenvalue weighted by Gasteiger charge is -2.62. The van der Waals surface area contributed by atoms with Crippen LogP contribution in [0.2, 0.25) is 0 Å². The third-order valence-corrected chi connectivity index (χ3v) is 12.3. The summed E-state index contributed by atoms with van der Waals surface area (Å²) in [5.41, 5.74) is -4.52. The van der Waals surface area contributed by atoms with Crippen LogP contribution in [-0.4, -0.2) is 74.4 Å². The summed E-state index contributed by atoms with van der Waals surface area (Å²) in [7, 11) is 0. The lowest BCUT2D eigenvalue weighted by Crippen LogP contribution is -2.70. The lowest BCUT2D eigenvalue weighted by molar-refractivity contribution is -0.497. The number of nitrogens with zero attached hydrogens (tertiary/aromatic N) is 1. The molecule has 0 bridgehead atoms. The van der Waals surface area contributed by atoms with Gasteiger partial charge in [-0.25, -0.2) is 9.23 Å². The summed E-state index contributed by atoms with van der Waals surface area (Å²) >= 11 is 0. The van der Waals surface area contributed by atoms with E-state index in [4.69, 9.17) is 24.6 Å². The van der Waals surface area contributed by atoms with Crippen LogP contribution in [0.4, 0.5) is 4.39 Å². The summed E-state index contributed by atoms with van der Waals surface area (Å²) in [6.07, 6.45) is 4.25. The number of hydrogen-bond acceptors (Lipinski definition) is 13. The molecule has 0 amide bonds. The number of ether oxygens (including phenoxy) is 3. The van der Waals surface area contributed by atoms with Crippen molar-refractivity contribution < 1.29 is 62.9 Å². The van der Waals surface area contributed by atoms with Gasteiger partial charge in [0.15, 0.2) is 23.7 Å². The average molecular weight is 744 g/mol. The summed E-state index contributed by atoms with van der Waals surface area (Å²) in [6, 6.07) is 6.60. The zero-order valence-electron chi connectivity index (χ0n) is 30.7. The van der Waals surface area contributed by atoms with E-state index in [-0.39, 0.29) is 44.7 Å². The second kappa shape index (κ2) is 15.9. The van der Waals surface area contributed by atoms with Crippen LogP contribution in [-0.2, 0) is 56.2 Å². The monoisotopic (exact) mass is 743 g/mol. The number of carbonyl (C=O) groups is 5. The van der Waals surface area contributed by atoms with Crippen LogP contribution >= 0.6 is 0 Å². The molecule has 0 aliphatic heterocycles. The number of benzene rings is 1. The number of rotatable bonds is 15. The average Bonchev–Trinajstić information content (AvgIpc) is 3.33. The van der Waals surface area contributed by atoms with Crippen molar-refractivity contribution in [1.82, 2.24) is 5.39 Å². The van der Waals surface area contributed by atoms with Gasteiger partial charge >= 0.3 is 17.9 Å². The van der Waals surface area contributed by atoms with Gasteiger partial charge in [0.05, 0.1) is 30.9 Å². The molecular formula is C39H50FNO12. The first kappa shape index (κ1) is 40.4. The van der Waals surface area contributed by atoms with Crippen molar-refractivity contribution in [3.8, 4) is 0 Å². The van der Waals surface area contributed by atoms with Crippen LogP contribution in [0.15, 0.2) is 48.1 Å². The zero-order chi connectivity index (χ0) is 38.8. The molecule has 4 aliphatic carbocycles. The van der Waals surface area contributed by atoms with Gasteiger partial charge in [0, 0.05) is 29.1 Å². The first-order valence-corrected chi connectivity index (χ1v) is 18.3. The highest BCUT2D eigenvalue weighted by Gasteiger charge is 2.77. The number of ketones is 2. The molecular weight excluding hydrogens is 693 g/mol. The highest BCUT2D eigenvalue weighted by molar-refractivity contribution is 6.01. The predicted molar refractivity (Wildman–Crippen MR) is 183 cm³/mol. The highest BCUT2D eigenvalue weighted by atomic mass is 19.1. The number of aliphatic hydroxyl groups excluding tert-OH is 1. The number of fused-ring (bicyclic) bond motifs is 5. The molecule has 8 atom stereocenters. The third kappa shape index (κ3) is 7.48. The number of unbranched alkanes of at least 4 members (excludes halogenated alkanes) is 1. The predicted octanol–water partition coefficient (Wildman–Crippen LogP) is 5.22. The molecule has 1 unspecified atom stereocenters. The first-order valence-electron chi connectivity index (χ1n) is 18.3. The van der Waals surface area contributed by atoms with Gasteiger partial charge in [0.25, 0.3) is 0 Å². The number of carbonyl (C=O) groups excluding carboxylic acids is 5. The third-order valence-electron chi connectivity index (χ3n) is 12.3. The SMILES string of the molecule is CCCCC(=O)O[C@]1(C(=O)COC(=O)CCC(=O)OCc2ccc(CON(O)O)cc2)[C@@H](C)C[C@H]2C3CCC4=CC(=O)C=C[C@]4(C)[C@@]3(F)[C@@H](O)C[C@@]21C. The van der Waals surface area contributed by atoms with Crippen LogP contribution in [0.1, 0.15) is 96.6 Å². The van der Waals surface area contributed by atoms with Crippen molar-refractivity contribution in [3.05, 3.63) is 59.2 Å². The second-order valence-electron chi connectivity index (χ2n) is 15.3. The maximum atomic E-state index is 17.7. The van der Waals surface area contributed by atoms with Gasteiger partial charge in [0.1, 0.15) is 6.61 Å². The van der Waals surface area contributed by atoms with Gasteiger partial charge < -0.3 is 19.3 Å². The summed E-state index contributed by atoms with van der Waals surface area (Å²) < 4.78 is 34.5. The normalized spacial score (nSPS) is 33.0. The van der Waals surface area contributed by atoms with E-state index in [1.807, 2.05) is 6.92 Å². The van der Waals surface area contributed by atoms with Gasteiger partial charge in [-0.15, -0.1) is 0 Å². The van der Waals surface area contributed by atoms with E-state index in [0.29, 0.717) is 48.8 Å². The van der Waals surface area contributed by atoms with E-state index < -0.39 is 81.6 Å². The standard InChI is InChI=1S/C39H50FNO12/c1-5-6-7-35(47)53-39(32(44)23-51-34(46)15-14-33(45)50-21-25-8-10-26(11-9-25)22-52-41(48)49)24(2)18-30-29-13-12-27-19-28(42)16-17-36(27,3)38(29,40)31(43)20-37(30,39)4/h8-11,16-17,19,24,29-31,43,48-49H,5-7,12-15,18,20-23H2,1-4H3/t24-,29?,30-,31-,36-,37-,38-,39-/m0/s1. The molecule has 13 nitrogen and oxygen atoms in total. The smallest absolute Gasteiger partial charge is 0.306 e. The Morgan fingerprint density at radius 3 is 2.23 bits per heavy atom. The number of hydrogen-bond donors (Lipinski definition) is 3. The maximum absolute atomic E-state index is 17.7. The van der Waals surface area contributed by atoms with E-state index in [0.717, 1.165) is 0 Å². The van der Waals surface area contributed by atoms with Gasteiger partial charge in [-0.3, -0.25) is 34.4 Å². The van der Waals surface area contributed by atoms with Gasteiger partial charge in [0.2, 0.25) is 5.78 Å². The van der Waals surface area contributed by atoms with Crippen LogP contribution in [0, 0.1) is 28.6 Å². The second-order valence-corrected chi connectivity index (χ2v) is 15.3. The Labute approximate surface area is 308 Å². The van der Waals surface area contributed by atoms with Gasteiger partial charge in [-0.05, 0) is 68.2 Å². The number of allylic oxidation sites excluding steroid dienone is 4. The molecule has 1 aromatic rings. The molecule has 0 radical (unpaired) electrons. The molecule has 0 spiro atoms. The summed E-state index contributed by atoms with van der Waals surface area (Å²) in [6.45, 7) is 6.22. The number of halogens is 1. The van der Waals surface area contributed by atoms with Crippen molar-refractivity contribution in [2.75, 3.05) is 6.61 Å². The Balaban J connectivity index is 1.27. The van der Waals surface area contributed by atoms with Crippen LogP contribution in [0.5, 0.6) is 0 Å². The Morgan fingerprint density at radius 2 is 1.58 bits per heavy atom. The molecule has 3 N–H and O–H groups in total. The van der Waals surface area contributed by atoms with E-state index in [1.165, 1.54) is 12.2 Å². The molecule has 14 heteroatoms. The number of aliphatic hydroxyl groups is 1. The Kier molecular flexibility index (Phi) is 12.1. The molecule has 0 heterocycles. The van der Waals surface area contributed by atoms with E-state index in [2.05, 4.69) is 4.84 Å². The fourth-order valence-corrected chi connectivity index (χ4v) is 9.58. The summed E-state index contributed by atoms with van der Waals surface area (Å²) in [4.78, 5) is 69.7. The van der Waals surface area contributed by atoms with E-state index in [9.17, 15) is 29.1 Å². The Morgan fingerprint density at radius 1 is 0.943 bits per heavy atom. The van der Waals surface area contributed by atoms with Crippen molar-refractivity contribution >= 4 is 29.5 Å². The fourth-order valence-electron chi connectivity index (χ4n) is 9.58. The minimum absolute atomic E-state index is 0.0513. The molecule has 0 saturated heterocycles. The molecule has 53 heavy (non-hydrogen) atoms. The molecule has 1 aromatic carbocycles. The molecule has 3 fully saturated rings. The number of alkyl halides is 1. The Hall–Kier alpha value is -3.82. The summed E-state index contributed by atoms with van der Waals surface area (Å²) in [5, 5.41) is 28.7. The van der Waals surface area contributed by atoms with Crippen molar-refractivity contribution in [3.63, 3.8) is 0 Å². The van der Waals surface area contributed by atoms with Gasteiger partial charge in [-0.2, -0.15) is 0 Å². The molecule has 0 aromatic heterocycles. The largest absolute Gasteiger partial charge is 0.461 e. The van der Waals surface area contributed by atoms with Crippen molar-refractivity contribution in [2.24, 2.45) is 28.6 Å². The quantitative estimate of drug-likeness (QED) is 0.121. The minimum atomic E-state index is -2.15. The van der Waals surface area contributed by atoms with Crippen LogP contribution < -0.4 is 0 Å². The maximum Gasteiger partial charge on any atom is 0.306 e. The van der Waals surface area contributed by atoms with Crippen molar-refractivity contribution in [2.45, 2.75) is 116 Å². The Bertz CT molecular complexity index is 1640. The number of esters is 3. The molecule has 290 valence electrons. The molecule has 3 saturated carbocycles. The van der Waals surface area contributed by atoms with Gasteiger partial charge in [-0.1, -0.05) is 63.1 Å². The lowest BCUT2D eigenvalue weighted by atomic mass is 9.44. The molecule has 5 rings (SSSR count). The number of Topliss-reactive ketones (excluding diaryl/α,β-unsaturated/α-hetero) is 1. The fraction of sp³-hybridized carbons (Fsp3) is 0.615. The van der Waals surface area contributed by atoms with E-state index in [1.54, 1.807) is 51.1 Å².